The maximum Gasteiger partial charge on any atom is 0.138 e. The molecule has 3 heteroatoms. The molecule has 0 aromatic rings. The molecule has 0 saturated heterocycles. The van der Waals surface area contributed by atoms with Crippen molar-refractivity contribution in [2.24, 2.45) is 11.1 Å². The SMILES string of the molecule is CCC(C=NOC)C(C)=O. The number of carbonyl (C=O) groups excluding carboxylic acids is 1. The third kappa shape index (κ3) is 3.22. The Hall–Kier alpha value is -0.860. The van der Waals surface area contributed by atoms with Crippen LogP contribution in [0.5, 0.6) is 0 Å². The van der Waals surface area contributed by atoms with Crippen molar-refractivity contribution in [2.75, 3.05) is 7.11 Å². The summed E-state index contributed by atoms with van der Waals surface area (Å²) in [6, 6.07) is 0. The van der Waals surface area contributed by atoms with Crippen molar-refractivity contribution in [1.82, 2.24) is 0 Å². The largest absolute Gasteiger partial charge is 0.399 e. The van der Waals surface area contributed by atoms with E-state index in [0.29, 0.717) is 0 Å². The fourth-order valence-electron chi connectivity index (χ4n) is 0.632. The molecule has 0 aromatic heterocycles. The molecule has 0 aliphatic heterocycles. The van der Waals surface area contributed by atoms with Crippen LogP contribution in [0.1, 0.15) is 20.3 Å². The summed E-state index contributed by atoms with van der Waals surface area (Å²) in [7, 11) is 1.46. The van der Waals surface area contributed by atoms with Crippen molar-refractivity contribution in [2.45, 2.75) is 20.3 Å². The van der Waals surface area contributed by atoms with E-state index < -0.39 is 0 Å². The van der Waals surface area contributed by atoms with Gasteiger partial charge in [-0.25, -0.2) is 0 Å². The van der Waals surface area contributed by atoms with Gasteiger partial charge in [-0.05, 0) is 13.3 Å². The maximum atomic E-state index is 10.7. The molecule has 0 rings (SSSR count). The first kappa shape index (κ1) is 9.14. The maximum absolute atomic E-state index is 10.7. The number of ketones is 1. The number of carbonyl (C=O) groups is 1. The Bertz CT molecular complexity index is 132. The predicted octanol–water partition coefficient (Wildman–Crippen LogP) is 1.23. The van der Waals surface area contributed by atoms with Crippen LogP contribution in [0.25, 0.3) is 0 Å². The van der Waals surface area contributed by atoms with Gasteiger partial charge in [-0.15, -0.1) is 0 Å². The summed E-state index contributed by atoms with van der Waals surface area (Å²) in [6.45, 7) is 3.49. The number of hydrogen-bond acceptors (Lipinski definition) is 3. The van der Waals surface area contributed by atoms with E-state index in [1.54, 1.807) is 6.92 Å². The van der Waals surface area contributed by atoms with E-state index in [1.165, 1.54) is 13.3 Å². The first-order valence-electron chi connectivity index (χ1n) is 3.29. The van der Waals surface area contributed by atoms with E-state index >= 15 is 0 Å². The molecule has 0 aliphatic carbocycles. The third-order valence-electron chi connectivity index (χ3n) is 1.31. The summed E-state index contributed by atoms with van der Waals surface area (Å²) in [5.74, 6) is 0.0447. The van der Waals surface area contributed by atoms with Gasteiger partial charge in [-0.3, -0.25) is 4.79 Å². The Balaban J connectivity index is 3.83. The third-order valence-corrected chi connectivity index (χ3v) is 1.31. The molecule has 0 saturated carbocycles. The van der Waals surface area contributed by atoms with Crippen molar-refractivity contribution in [3.8, 4) is 0 Å². The fourth-order valence-corrected chi connectivity index (χ4v) is 0.632. The number of oxime groups is 1. The van der Waals surface area contributed by atoms with Crippen LogP contribution in [0.2, 0.25) is 0 Å². The second-order valence-electron chi connectivity index (χ2n) is 2.06. The Labute approximate surface area is 61.1 Å². The molecule has 58 valence electrons. The summed E-state index contributed by atoms with van der Waals surface area (Å²) in [5, 5.41) is 3.52. The topological polar surface area (TPSA) is 38.7 Å². The molecule has 3 nitrogen and oxygen atoms in total. The number of rotatable bonds is 4. The summed E-state index contributed by atoms with van der Waals surface area (Å²) >= 11 is 0. The van der Waals surface area contributed by atoms with Gasteiger partial charge < -0.3 is 4.84 Å². The van der Waals surface area contributed by atoms with Crippen LogP contribution in [0, 0.1) is 5.92 Å². The zero-order valence-electron chi connectivity index (χ0n) is 6.63. The highest BCUT2D eigenvalue weighted by Crippen LogP contribution is 1.99. The Kier molecular flexibility index (Phi) is 4.54. The van der Waals surface area contributed by atoms with Crippen LogP contribution < -0.4 is 0 Å². The highest BCUT2D eigenvalue weighted by Gasteiger charge is 2.07. The van der Waals surface area contributed by atoms with Crippen molar-refractivity contribution >= 4 is 12.0 Å². The zero-order chi connectivity index (χ0) is 7.98. The molecule has 10 heavy (non-hydrogen) atoms. The van der Waals surface area contributed by atoms with E-state index in [0.717, 1.165) is 6.42 Å². The Morgan fingerprint density at radius 3 is 2.70 bits per heavy atom. The summed E-state index contributed by atoms with van der Waals surface area (Å²) in [4.78, 5) is 15.2. The minimum Gasteiger partial charge on any atom is -0.399 e. The van der Waals surface area contributed by atoms with Gasteiger partial charge in [-0.1, -0.05) is 12.1 Å². The average molecular weight is 143 g/mol. The van der Waals surface area contributed by atoms with Crippen LogP contribution in [0.15, 0.2) is 5.16 Å². The molecule has 0 fully saturated rings. The monoisotopic (exact) mass is 143 g/mol. The lowest BCUT2D eigenvalue weighted by atomic mass is 10.0. The van der Waals surface area contributed by atoms with E-state index in [4.69, 9.17) is 0 Å². The zero-order valence-corrected chi connectivity index (χ0v) is 6.63. The van der Waals surface area contributed by atoms with Crippen LogP contribution >= 0.6 is 0 Å². The molecule has 0 spiro atoms. The van der Waals surface area contributed by atoms with E-state index in [1.807, 2.05) is 6.92 Å². The van der Waals surface area contributed by atoms with Crippen molar-refractivity contribution in [1.29, 1.82) is 0 Å². The second kappa shape index (κ2) is 4.97. The molecule has 0 N–H and O–H groups in total. The molecule has 0 aliphatic rings. The van der Waals surface area contributed by atoms with Crippen molar-refractivity contribution in [3.63, 3.8) is 0 Å². The first-order chi connectivity index (χ1) is 4.72. The number of nitrogens with zero attached hydrogens (tertiary/aromatic N) is 1. The molecular formula is C7H13NO2. The number of Topliss-reactive ketones (excluding diaryl/α,β-unsaturated/α-hetero) is 1. The smallest absolute Gasteiger partial charge is 0.138 e. The standard InChI is InChI=1S/C7H13NO2/c1-4-7(6(2)9)5-8-10-3/h5,7H,4H2,1-3H3. The van der Waals surface area contributed by atoms with Gasteiger partial charge in [0.2, 0.25) is 0 Å². The molecule has 0 amide bonds. The van der Waals surface area contributed by atoms with Crippen LogP contribution in [-0.4, -0.2) is 19.1 Å². The highest BCUT2D eigenvalue weighted by atomic mass is 16.6. The Morgan fingerprint density at radius 2 is 2.40 bits per heavy atom. The molecule has 0 heterocycles. The summed E-state index contributed by atoms with van der Waals surface area (Å²) in [6.07, 6.45) is 2.31. The Morgan fingerprint density at radius 1 is 1.80 bits per heavy atom. The van der Waals surface area contributed by atoms with Gasteiger partial charge >= 0.3 is 0 Å². The fraction of sp³-hybridized carbons (Fsp3) is 0.714. The molecule has 0 aromatic carbocycles. The predicted molar refractivity (Wildman–Crippen MR) is 40.0 cm³/mol. The molecule has 1 unspecified atom stereocenters. The van der Waals surface area contributed by atoms with Gasteiger partial charge in [0.1, 0.15) is 12.9 Å². The van der Waals surface area contributed by atoms with Crippen molar-refractivity contribution < 1.29 is 9.63 Å². The molecule has 0 bridgehead atoms. The van der Waals surface area contributed by atoms with Gasteiger partial charge in [0.25, 0.3) is 0 Å². The summed E-state index contributed by atoms with van der Waals surface area (Å²) < 4.78 is 0. The van der Waals surface area contributed by atoms with E-state index in [9.17, 15) is 4.79 Å². The van der Waals surface area contributed by atoms with Gasteiger partial charge in [0.15, 0.2) is 0 Å². The first-order valence-corrected chi connectivity index (χ1v) is 3.29. The number of hydrogen-bond donors (Lipinski definition) is 0. The quantitative estimate of drug-likeness (QED) is 0.438. The van der Waals surface area contributed by atoms with E-state index in [2.05, 4.69) is 9.99 Å². The van der Waals surface area contributed by atoms with E-state index in [-0.39, 0.29) is 11.7 Å². The lowest BCUT2D eigenvalue weighted by Crippen LogP contribution is -2.10. The lowest BCUT2D eigenvalue weighted by Gasteiger charge is -2.01. The molecule has 0 radical (unpaired) electrons. The molecule has 1 atom stereocenters. The minimum absolute atomic E-state index is 0.0834. The van der Waals surface area contributed by atoms with Crippen molar-refractivity contribution in [3.05, 3.63) is 0 Å². The van der Waals surface area contributed by atoms with Crippen LogP contribution in [0.3, 0.4) is 0 Å². The van der Waals surface area contributed by atoms with Gasteiger partial charge in [0.05, 0.1) is 12.1 Å². The lowest BCUT2D eigenvalue weighted by molar-refractivity contribution is -0.118. The summed E-state index contributed by atoms with van der Waals surface area (Å²) in [5.41, 5.74) is 0. The van der Waals surface area contributed by atoms with Crippen LogP contribution in [-0.2, 0) is 9.63 Å². The molecular weight excluding hydrogens is 130 g/mol. The van der Waals surface area contributed by atoms with Crippen LogP contribution in [0.4, 0.5) is 0 Å². The average Bonchev–Trinajstić information content (AvgIpc) is 1.89. The minimum atomic E-state index is -0.0834. The van der Waals surface area contributed by atoms with Gasteiger partial charge in [0, 0.05) is 0 Å². The highest BCUT2D eigenvalue weighted by molar-refractivity contribution is 5.92. The normalized spacial score (nSPS) is 13.5. The second-order valence-corrected chi connectivity index (χ2v) is 2.06. The van der Waals surface area contributed by atoms with Gasteiger partial charge in [-0.2, -0.15) is 0 Å².